The number of aryl methyl sites for hydroxylation is 2. The molecular weight excluding hydrogens is 208 g/mol. The third-order valence-corrected chi connectivity index (χ3v) is 2.88. The normalized spacial score (nSPS) is 10.3. The Hall–Kier alpha value is -1.42. The van der Waals surface area contributed by atoms with Crippen LogP contribution in [0.2, 0.25) is 0 Å². The van der Waals surface area contributed by atoms with Gasteiger partial charge in [0.2, 0.25) is 5.88 Å². The van der Waals surface area contributed by atoms with Crippen LogP contribution in [0.3, 0.4) is 0 Å². The molecule has 2 aromatic rings. The maximum absolute atomic E-state index is 5.55. The second-order valence-electron chi connectivity index (χ2n) is 3.24. The van der Waals surface area contributed by atoms with Crippen molar-refractivity contribution in [2.75, 3.05) is 0 Å². The molecule has 0 bridgehead atoms. The van der Waals surface area contributed by atoms with E-state index in [1.165, 1.54) is 9.75 Å². The summed E-state index contributed by atoms with van der Waals surface area (Å²) in [7, 11) is 0. The van der Waals surface area contributed by atoms with Crippen LogP contribution in [-0.2, 0) is 6.61 Å². The van der Waals surface area contributed by atoms with E-state index >= 15 is 0 Å². The third kappa shape index (κ3) is 2.76. The highest BCUT2D eigenvalue weighted by Gasteiger charge is 1.99. The van der Waals surface area contributed by atoms with Gasteiger partial charge in [0.1, 0.15) is 12.4 Å². The van der Waals surface area contributed by atoms with Gasteiger partial charge < -0.3 is 4.74 Å². The minimum atomic E-state index is 0.578. The molecule has 2 aromatic heterocycles. The van der Waals surface area contributed by atoms with Gasteiger partial charge in [0, 0.05) is 22.0 Å². The Bertz CT molecular complexity index is 453. The quantitative estimate of drug-likeness (QED) is 0.797. The summed E-state index contributed by atoms with van der Waals surface area (Å²) >= 11 is 1.74. The number of rotatable bonds is 3. The molecule has 0 aliphatic rings. The molecule has 0 aromatic carbocycles. The van der Waals surface area contributed by atoms with Crippen molar-refractivity contribution < 1.29 is 4.74 Å². The minimum Gasteiger partial charge on any atom is -0.472 e. The Morgan fingerprint density at radius 3 is 2.80 bits per heavy atom. The Morgan fingerprint density at radius 1 is 1.27 bits per heavy atom. The van der Waals surface area contributed by atoms with Crippen molar-refractivity contribution in [2.45, 2.75) is 20.5 Å². The van der Waals surface area contributed by atoms with Gasteiger partial charge >= 0.3 is 0 Å². The fraction of sp³-hybridized carbons (Fsp3) is 0.273. The summed E-state index contributed by atoms with van der Waals surface area (Å²) < 4.78 is 5.55. The van der Waals surface area contributed by atoms with Gasteiger partial charge in [-0.3, -0.25) is 0 Å². The van der Waals surface area contributed by atoms with Crippen LogP contribution in [0, 0.1) is 13.8 Å². The molecule has 0 saturated carbocycles. The average molecular weight is 220 g/mol. The van der Waals surface area contributed by atoms with E-state index in [1.807, 2.05) is 6.92 Å². The average Bonchev–Trinajstić information content (AvgIpc) is 2.62. The third-order valence-electron chi connectivity index (χ3n) is 1.91. The van der Waals surface area contributed by atoms with Crippen molar-refractivity contribution >= 4 is 11.3 Å². The molecule has 0 fully saturated rings. The fourth-order valence-corrected chi connectivity index (χ4v) is 2.03. The lowest BCUT2D eigenvalue weighted by molar-refractivity contribution is 0.296. The molecule has 15 heavy (non-hydrogen) atoms. The van der Waals surface area contributed by atoms with Gasteiger partial charge in [-0.1, -0.05) is 0 Å². The largest absolute Gasteiger partial charge is 0.472 e. The molecule has 0 spiro atoms. The minimum absolute atomic E-state index is 0.578. The highest BCUT2D eigenvalue weighted by Crippen LogP contribution is 2.17. The molecule has 2 rings (SSSR count). The van der Waals surface area contributed by atoms with Gasteiger partial charge in [-0.15, -0.1) is 11.3 Å². The van der Waals surface area contributed by atoms with Gasteiger partial charge in [-0.25, -0.2) is 4.98 Å². The van der Waals surface area contributed by atoms with E-state index in [4.69, 9.17) is 4.74 Å². The van der Waals surface area contributed by atoms with E-state index in [0.29, 0.717) is 12.5 Å². The molecule has 0 N–H and O–H groups in total. The lowest BCUT2D eigenvalue weighted by Crippen LogP contribution is -1.97. The molecule has 0 unspecified atom stereocenters. The number of nitrogens with zero attached hydrogens (tertiary/aromatic N) is 2. The second kappa shape index (κ2) is 4.40. The van der Waals surface area contributed by atoms with Crippen LogP contribution in [0.1, 0.15) is 15.6 Å². The van der Waals surface area contributed by atoms with E-state index in [1.54, 1.807) is 23.6 Å². The first-order chi connectivity index (χ1) is 7.24. The molecule has 3 nitrogen and oxygen atoms in total. The van der Waals surface area contributed by atoms with Crippen molar-refractivity contribution in [2.24, 2.45) is 0 Å². The molecule has 0 atom stereocenters. The van der Waals surface area contributed by atoms with Gasteiger partial charge in [-0.2, -0.15) is 4.98 Å². The lowest BCUT2D eigenvalue weighted by Gasteiger charge is -2.02. The zero-order valence-corrected chi connectivity index (χ0v) is 9.54. The van der Waals surface area contributed by atoms with Gasteiger partial charge in [0.05, 0.1) is 0 Å². The summed E-state index contributed by atoms with van der Waals surface area (Å²) in [6, 6.07) is 5.94. The Morgan fingerprint density at radius 2 is 2.13 bits per heavy atom. The summed E-state index contributed by atoms with van der Waals surface area (Å²) in [5.41, 5.74) is 0. The monoisotopic (exact) mass is 220 g/mol. The topological polar surface area (TPSA) is 35.0 Å². The first-order valence-electron chi connectivity index (χ1n) is 4.72. The predicted molar refractivity (Wildman–Crippen MR) is 60.2 cm³/mol. The molecule has 0 saturated heterocycles. The molecule has 2 heterocycles. The van der Waals surface area contributed by atoms with Gasteiger partial charge in [0.15, 0.2) is 0 Å². The zero-order valence-electron chi connectivity index (χ0n) is 8.73. The van der Waals surface area contributed by atoms with Crippen molar-refractivity contribution in [3.8, 4) is 5.88 Å². The van der Waals surface area contributed by atoms with Crippen LogP contribution < -0.4 is 4.74 Å². The van der Waals surface area contributed by atoms with Crippen LogP contribution in [-0.4, -0.2) is 9.97 Å². The van der Waals surface area contributed by atoms with Gasteiger partial charge in [-0.05, 0) is 26.0 Å². The van der Waals surface area contributed by atoms with Crippen molar-refractivity contribution in [3.05, 3.63) is 40.0 Å². The lowest BCUT2D eigenvalue weighted by atomic mass is 10.4. The molecule has 0 aliphatic carbocycles. The molecular formula is C11H12N2OS. The van der Waals surface area contributed by atoms with E-state index < -0.39 is 0 Å². The van der Waals surface area contributed by atoms with Crippen molar-refractivity contribution in [1.82, 2.24) is 9.97 Å². The summed E-state index contributed by atoms with van der Waals surface area (Å²) in [6.07, 6.45) is 1.71. The predicted octanol–water partition coefficient (Wildman–Crippen LogP) is 2.73. The summed E-state index contributed by atoms with van der Waals surface area (Å²) in [5.74, 6) is 1.36. The molecule has 4 heteroatoms. The SMILES string of the molecule is Cc1nccc(OCc2ccc(C)s2)n1. The summed E-state index contributed by atoms with van der Waals surface area (Å²) in [4.78, 5) is 10.7. The second-order valence-corrected chi connectivity index (χ2v) is 4.62. The van der Waals surface area contributed by atoms with Crippen molar-refractivity contribution in [3.63, 3.8) is 0 Å². The van der Waals surface area contributed by atoms with Crippen LogP contribution in [0.5, 0.6) is 5.88 Å². The maximum Gasteiger partial charge on any atom is 0.216 e. The summed E-state index contributed by atoms with van der Waals surface area (Å²) in [6.45, 7) is 4.51. The first kappa shape index (κ1) is 10.1. The van der Waals surface area contributed by atoms with Crippen LogP contribution >= 0.6 is 11.3 Å². The van der Waals surface area contributed by atoms with Crippen LogP contribution in [0.25, 0.3) is 0 Å². The first-order valence-corrected chi connectivity index (χ1v) is 5.53. The Balaban J connectivity index is 1.99. The molecule has 78 valence electrons. The van der Waals surface area contributed by atoms with E-state index in [9.17, 15) is 0 Å². The molecule has 0 radical (unpaired) electrons. The highest BCUT2D eigenvalue weighted by atomic mass is 32.1. The summed E-state index contributed by atoms with van der Waals surface area (Å²) in [5, 5.41) is 0. The highest BCUT2D eigenvalue weighted by molar-refractivity contribution is 7.11. The number of hydrogen-bond acceptors (Lipinski definition) is 4. The number of aromatic nitrogens is 2. The molecule has 0 aliphatic heterocycles. The standard InChI is InChI=1S/C11H12N2OS/c1-8-3-4-10(15-8)7-14-11-5-6-12-9(2)13-11/h3-6H,7H2,1-2H3. The van der Waals surface area contributed by atoms with Crippen LogP contribution in [0.4, 0.5) is 0 Å². The van der Waals surface area contributed by atoms with Crippen molar-refractivity contribution in [1.29, 1.82) is 0 Å². The number of thiophene rings is 1. The van der Waals surface area contributed by atoms with E-state index in [0.717, 1.165) is 5.82 Å². The zero-order chi connectivity index (χ0) is 10.7. The molecule has 0 amide bonds. The number of ether oxygens (including phenoxy) is 1. The van der Waals surface area contributed by atoms with E-state index in [-0.39, 0.29) is 0 Å². The smallest absolute Gasteiger partial charge is 0.216 e. The fourth-order valence-electron chi connectivity index (χ4n) is 1.22. The van der Waals surface area contributed by atoms with Crippen LogP contribution in [0.15, 0.2) is 24.4 Å². The Kier molecular flexibility index (Phi) is 2.97. The van der Waals surface area contributed by atoms with Gasteiger partial charge in [0.25, 0.3) is 0 Å². The van der Waals surface area contributed by atoms with E-state index in [2.05, 4.69) is 29.0 Å². The number of hydrogen-bond donors (Lipinski definition) is 0. The maximum atomic E-state index is 5.55. The Labute approximate surface area is 92.8 Å².